The summed E-state index contributed by atoms with van der Waals surface area (Å²) in [5.74, 6) is 0.970. The van der Waals surface area contributed by atoms with Gasteiger partial charge in [0.15, 0.2) is 16.6 Å². The molecule has 2 aromatic carbocycles. The van der Waals surface area contributed by atoms with Crippen molar-refractivity contribution in [2.24, 2.45) is 0 Å². The van der Waals surface area contributed by atoms with Gasteiger partial charge in [0.1, 0.15) is 13.2 Å². The molecule has 0 aliphatic carbocycles. The third-order valence-corrected chi connectivity index (χ3v) is 5.18. The Labute approximate surface area is 157 Å². The smallest absolute Gasteiger partial charge is 0.262 e. The van der Waals surface area contributed by atoms with Crippen molar-refractivity contribution in [1.29, 1.82) is 0 Å². The van der Waals surface area contributed by atoms with Crippen LogP contribution in [0.2, 0.25) is 0 Å². The first-order valence-corrected chi connectivity index (χ1v) is 9.94. The van der Waals surface area contributed by atoms with Gasteiger partial charge in [0.05, 0.1) is 4.90 Å². The molecule has 1 aliphatic heterocycles. The molecule has 3 N–H and O–H groups in total. The molecule has 0 spiro atoms. The van der Waals surface area contributed by atoms with Crippen molar-refractivity contribution >= 4 is 38.7 Å². The zero-order chi connectivity index (χ0) is 18.6. The van der Waals surface area contributed by atoms with Crippen LogP contribution in [-0.2, 0) is 10.0 Å². The van der Waals surface area contributed by atoms with Crippen molar-refractivity contribution in [2.45, 2.75) is 11.8 Å². The first kappa shape index (κ1) is 18.3. The minimum Gasteiger partial charge on any atom is -0.486 e. The van der Waals surface area contributed by atoms with Crippen LogP contribution in [0, 0.1) is 0 Å². The number of fused-ring (bicyclic) bond motifs is 1. The summed E-state index contributed by atoms with van der Waals surface area (Å²) in [5, 5.41) is 6.50. The highest BCUT2D eigenvalue weighted by Gasteiger charge is 2.19. The zero-order valence-electron chi connectivity index (χ0n) is 14.1. The van der Waals surface area contributed by atoms with Crippen LogP contribution < -0.4 is 24.8 Å². The van der Waals surface area contributed by atoms with Crippen LogP contribution in [0.15, 0.2) is 47.4 Å². The maximum absolute atomic E-state index is 12.6. The lowest BCUT2D eigenvalue weighted by molar-refractivity contribution is 0.171. The van der Waals surface area contributed by atoms with Gasteiger partial charge in [0.25, 0.3) is 10.0 Å². The van der Waals surface area contributed by atoms with E-state index in [2.05, 4.69) is 15.4 Å². The fraction of sp³-hybridized carbons (Fsp3) is 0.235. The Morgan fingerprint density at radius 1 is 1.04 bits per heavy atom. The minimum absolute atomic E-state index is 0.109. The van der Waals surface area contributed by atoms with Crippen LogP contribution in [0.25, 0.3) is 0 Å². The van der Waals surface area contributed by atoms with Crippen molar-refractivity contribution < 1.29 is 17.9 Å². The molecule has 0 bridgehead atoms. The monoisotopic (exact) mass is 393 g/mol. The van der Waals surface area contributed by atoms with Gasteiger partial charge in [-0.1, -0.05) is 0 Å². The number of anilines is 2. The highest BCUT2D eigenvalue weighted by Crippen LogP contribution is 2.32. The minimum atomic E-state index is -3.74. The van der Waals surface area contributed by atoms with Crippen molar-refractivity contribution in [2.75, 3.05) is 29.8 Å². The van der Waals surface area contributed by atoms with E-state index in [9.17, 15) is 8.42 Å². The van der Waals surface area contributed by atoms with E-state index in [0.29, 0.717) is 35.5 Å². The summed E-state index contributed by atoms with van der Waals surface area (Å²) in [4.78, 5) is 0.109. The van der Waals surface area contributed by atoms with Crippen molar-refractivity contribution in [3.8, 4) is 11.5 Å². The maximum atomic E-state index is 12.6. The molecule has 0 unspecified atom stereocenters. The topological polar surface area (TPSA) is 88.7 Å². The Balaban J connectivity index is 1.72. The number of ether oxygens (including phenoxy) is 2. The number of hydrogen-bond donors (Lipinski definition) is 3. The van der Waals surface area contributed by atoms with E-state index in [0.717, 1.165) is 12.2 Å². The molecule has 7 nitrogen and oxygen atoms in total. The molecule has 26 heavy (non-hydrogen) atoms. The molecule has 0 aromatic heterocycles. The lowest BCUT2D eigenvalue weighted by atomic mass is 10.3. The highest BCUT2D eigenvalue weighted by molar-refractivity contribution is 7.92. The quantitative estimate of drug-likeness (QED) is 0.673. The summed E-state index contributed by atoms with van der Waals surface area (Å²) >= 11 is 5.11. The van der Waals surface area contributed by atoms with Crippen LogP contribution in [-0.4, -0.2) is 33.3 Å². The molecule has 0 amide bonds. The van der Waals surface area contributed by atoms with E-state index in [4.69, 9.17) is 21.7 Å². The first-order valence-electron chi connectivity index (χ1n) is 8.05. The van der Waals surface area contributed by atoms with Gasteiger partial charge in [-0.25, -0.2) is 8.42 Å². The number of sulfonamides is 1. The standard InChI is InChI=1S/C17H19N3O4S2/c1-2-18-17(25)19-12-3-5-13(6-4-12)20-26(21,22)14-7-8-15-16(11-14)24-10-9-23-15/h3-8,11,20H,2,9-10H2,1H3,(H2,18,19,25). The second-order valence-electron chi connectivity index (χ2n) is 5.47. The SMILES string of the molecule is CCNC(=S)Nc1ccc(NS(=O)(=O)c2ccc3c(c2)OCCO3)cc1. The Morgan fingerprint density at radius 3 is 2.38 bits per heavy atom. The van der Waals surface area contributed by atoms with Gasteiger partial charge < -0.3 is 20.1 Å². The molecule has 0 radical (unpaired) electrons. The Bertz CT molecular complexity index is 899. The van der Waals surface area contributed by atoms with Crippen LogP contribution in [0.4, 0.5) is 11.4 Å². The van der Waals surface area contributed by atoms with E-state index in [1.165, 1.54) is 12.1 Å². The third-order valence-electron chi connectivity index (χ3n) is 3.56. The largest absolute Gasteiger partial charge is 0.486 e. The molecule has 9 heteroatoms. The summed E-state index contributed by atoms with van der Waals surface area (Å²) in [7, 11) is -3.74. The van der Waals surface area contributed by atoms with Gasteiger partial charge in [0, 0.05) is 24.0 Å². The van der Waals surface area contributed by atoms with Gasteiger partial charge in [-0.2, -0.15) is 0 Å². The molecular formula is C17H19N3O4S2. The van der Waals surface area contributed by atoms with E-state index in [1.54, 1.807) is 30.3 Å². The molecule has 0 saturated carbocycles. The second-order valence-corrected chi connectivity index (χ2v) is 7.56. The van der Waals surface area contributed by atoms with Crippen LogP contribution in [0.5, 0.6) is 11.5 Å². The molecule has 1 aliphatic rings. The number of thiocarbonyl (C=S) groups is 1. The molecule has 0 fully saturated rings. The van der Waals surface area contributed by atoms with Gasteiger partial charge in [-0.3, -0.25) is 4.72 Å². The number of rotatable bonds is 5. The third kappa shape index (κ3) is 4.36. The van der Waals surface area contributed by atoms with E-state index in [1.807, 2.05) is 6.92 Å². The molecule has 0 saturated heterocycles. The predicted octanol–water partition coefficient (Wildman–Crippen LogP) is 2.56. The van der Waals surface area contributed by atoms with Gasteiger partial charge in [-0.15, -0.1) is 0 Å². The van der Waals surface area contributed by atoms with Crippen LogP contribution in [0.1, 0.15) is 6.92 Å². The van der Waals surface area contributed by atoms with E-state index < -0.39 is 10.0 Å². The normalized spacial score (nSPS) is 13.0. The molecule has 138 valence electrons. The summed E-state index contributed by atoms with van der Waals surface area (Å²) in [5.41, 5.74) is 1.21. The second kappa shape index (κ2) is 7.79. The molecule has 3 rings (SSSR count). The number of hydrogen-bond acceptors (Lipinski definition) is 5. The first-order chi connectivity index (χ1) is 12.5. The Hall–Kier alpha value is -2.52. The van der Waals surface area contributed by atoms with E-state index >= 15 is 0 Å². The summed E-state index contributed by atoms with van der Waals surface area (Å²) in [6.07, 6.45) is 0. The Kier molecular flexibility index (Phi) is 5.48. The lowest BCUT2D eigenvalue weighted by Crippen LogP contribution is -2.27. The van der Waals surface area contributed by atoms with Crippen LogP contribution >= 0.6 is 12.2 Å². The fourth-order valence-corrected chi connectivity index (χ4v) is 3.70. The molecule has 0 atom stereocenters. The number of nitrogens with one attached hydrogen (secondary N) is 3. The Morgan fingerprint density at radius 2 is 1.69 bits per heavy atom. The average Bonchev–Trinajstić information content (AvgIpc) is 2.63. The average molecular weight is 393 g/mol. The highest BCUT2D eigenvalue weighted by atomic mass is 32.2. The number of benzene rings is 2. The molecular weight excluding hydrogens is 374 g/mol. The summed E-state index contributed by atoms with van der Waals surface area (Å²) < 4.78 is 38.6. The van der Waals surface area contributed by atoms with Crippen LogP contribution in [0.3, 0.4) is 0 Å². The van der Waals surface area contributed by atoms with Crippen molar-refractivity contribution in [3.05, 3.63) is 42.5 Å². The summed E-state index contributed by atoms with van der Waals surface area (Å²) in [6, 6.07) is 11.3. The zero-order valence-corrected chi connectivity index (χ0v) is 15.7. The van der Waals surface area contributed by atoms with Gasteiger partial charge >= 0.3 is 0 Å². The lowest BCUT2D eigenvalue weighted by Gasteiger charge is -2.19. The van der Waals surface area contributed by atoms with Gasteiger partial charge in [-0.05, 0) is 55.5 Å². The predicted molar refractivity (Wildman–Crippen MR) is 105 cm³/mol. The van der Waals surface area contributed by atoms with E-state index in [-0.39, 0.29) is 4.90 Å². The fourth-order valence-electron chi connectivity index (χ4n) is 2.36. The van der Waals surface area contributed by atoms with Gasteiger partial charge in [0.2, 0.25) is 0 Å². The molecule has 1 heterocycles. The maximum Gasteiger partial charge on any atom is 0.262 e. The van der Waals surface area contributed by atoms with Crippen molar-refractivity contribution in [1.82, 2.24) is 5.32 Å². The van der Waals surface area contributed by atoms with Crippen molar-refractivity contribution in [3.63, 3.8) is 0 Å². The molecule has 2 aromatic rings. The summed E-state index contributed by atoms with van der Waals surface area (Å²) in [6.45, 7) is 3.52.